The highest BCUT2D eigenvalue weighted by Gasteiger charge is 2.42. The first-order valence-electron chi connectivity index (χ1n) is 7.27. The summed E-state index contributed by atoms with van der Waals surface area (Å²) >= 11 is 0. The van der Waals surface area contributed by atoms with Crippen LogP contribution in [0.4, 0.5) is 0 Å². The third-order valence-electron chi connectivity index (χ3n) is 4.49. The number of hydrogen-bond acceptors (Lipinski definition) is 3. The van der Waals surface area contributed by atoms with Gasteiger partial charge in [-0.25, -0.2) is 0 Å². The molecule has 4 atom stereocenters. The van der Waals surface area contributed by atoms with E-state index >= 15 is 0 Å². The Morgan fingerprint density at radius 3 is 2.68 bits per heavy atom. The van der Waals surface area contributed by atoms with E-state index in [0.29, 0.717) is 12.0 Å². The van der Waals surface area contributed by atoms with Gasteiger partial charge >= 0.3 is 0 Å². The molecule has 2 aliphatic rings. The number of hydrogen-bond donors (Lipinski definition) is 0. The van der Waals surface area contributed by atoms with Crippen molar-refractivity contribution in [3.05, 3.63) is 35.9 Å². The average molecular weight is 261 g/mol. The molecule has 3 nitrogen and oxygen atoms in total. The maximum absolute atomic E-state index is 6.36. The van der Waals surface area contributed by atoms with Crippen LogP contribution < -0.4 is 0 Å². The molecule has 0 aliphatic carbocycles. The highest BCUT2D eigenvalue weighted by molar-refractivity contribution is 5.20. The molecule has 2 heterocycles. The Balaban J connectivity index is 1.75. The molecular formula is C16H23NO2. The van der Waals surface area contributed by atoms with Crippen LogP contribution >= 0.6 is 0 Å². The smallest absolute Gasteiger partial charge is 0.116 e. The van der Waals surface area contributed by atoms with Crippen LogP contribution in [0, 0.1) is 5.92 Å². The Labute approximate surface area is 115 Å². The summed E-state index contributed by atoms with van der Waals surface area (Å²) in [6.45, 7) is 4.00. The number of benzene rings is 1. The van der Waals surface area contributed by atoms with E-state index in [-0.39, 0.29) is 12.3 Å². The minimum Gasteiger partial charge on any atom is -0.381 e. The lowest BCUT2D eigenvalue weighted by atomic mass is 9.99. The molecule has 19 heavy (non-hydrogen) atoms. The lowest BCUT2D eigenvalue weighted by Gasteiger charge is -2.31. The van der Waals surface area contributed by atoms with E-state index in [2.05, 4.69) is 49.2 Å². The van der Waals surface area contributed by atoms with Gasteiger partial charge in [-0.1, -0.05) is 30.3 Å². The van der Waals surface area contributed by atoms with Crippen LogP contribution in [-0.4, -0.2) is 37.4 Å². The molecule has 2 aliphatic heterocycles. The van der Waals surface area contributed by atoms with Gasteiger partial charge in [-0.2, -0.15) is 0 Å². The van der Waals surface area contributed by atoms with Crippen LogP contribution in [0.25, 0.3) is 0 Å². The van der Waals surface area contributed by atoms with Crippen molar-refractivity contribution < 1.29 is 9.47 Å². The SMILES string of the molecule is C[C@@H]1[C@H](c2ccccc2)O[C@H]([C@H]2CCCOC2)N1C. The summed E-state index contributed by atoms with van der Waals surface area (Å²) in [7, 11) is 2.17. The normalized spacial score (nSPS) is 36.5. The highest BCUT2D eigenvalue weighted by atomic mass is 16.5. The van der Waals surface area contributed by atoms with Crippen LogP contribution in [0.5, 0.6) is 0 Å². The zero-order valence-corrected chi connectivity index (χ0v) is 11.8. The van der Waals surface area contributed by atoms with Crippen molar-refractivity contribution in [3.8, 4) is 0 Å². The summed E-state index contributed by atoms with van der Waals surface area (Å²) in [5.74, 6) is 0.509. The molecule has 3 rings (SSSR count). The van der Waals surface area contributed by atoms with Crippen molar-refractivity contribution >= 4 is 0 Å². The predicted octanol–water partition coefficient (Wildman–Crippen LogP) is 2.83. The second-order valence-corrected chi connectivity index (χ2v) is 5.74. The molecule has 0 amide bonds. The first-order valence-corrected chi connectivity index (χ1v) is 7.27. The predicted molar refractivity (Wildman–Crippen MR) is 74.8 cm³/mol. The van der Waals surface area contributed by atoms with E-state index in [1.54, 1.807) is 0 Å². The van der Waals surface area contributed by atoms with Crippen molar-refractivity contribution in [2.75, 3.05) is 20.3 Å². The average Bonchev–Trinajstić information content (AvgIpc) is 2.77. The second kappa shape index (κ2) is 5.61. The molecule has 0 unspecified atom stereocenters. The summed E-state index contributed by atoms with van der Waals surface area (Å²) in [4.78, 5) is 2.37. The lowest BCUT2D eigenvalue weighted by molar-refractivity contribution is -0.0790. The van der Waals surface area contributed by atoms with Gasteiger partial charge in [-0.05, 0) is 32.4 Å². The summed E-state index contributed by atoms with van der Waals surface area (Å²) in [6.07, 6.45) is 2.74. The Morgan fingerprint density at radius 2 is 2.00 bits per heavy atom. The molecule has 104 valence electrons. The summed E-state index contributed by atoms with van der Waals surface area (Å²) in [5, 5.41) is 0. The van der Waals surface area contributed by atoms with Gasteiger partial charge in [0, 0.05) is 18.6 Å². The van der Waals surface area contributed by atoms with E-state index in [1.807, 2.05) is 0 Å². The van der Waals surface area contributed by atoms with Gasteiger partial charge in [0.25, 0.3) is 0 Å². The highest BCUT2D eigenvalue weighted by Crippen LogP contribution is 2.38. The zero-order chi connectivity index (χ0) is 13.2. The van der Waals surface area contributed by atoms with E-state index < -0.39 is 0 Å². The molecule has 0 bridgehead atoms. The number of likely N-dealkylation sites (N-methyl/N-ethyl adjacent to an activating group) is 1. The number of nitrogens with zero attached hydrogens (tertiary/aromatic N) is 1. The van der Waals surface area contributed by atoms with Gasteiger partial charge in [0.15, 0.2) is 0 Å². The fourth-order valence-electron chi connectivity index (χ4n) is 3.24. The Hall–Kier alpha value is -0.900. The minimum atomic E-state index is 0.179. The largest absolute Gasteiger partial charge is 0.381 e. The van der Waals surface area contributed by atoms with Crippen LogP contribution in [0.3, 0.4) is 0 Å². The Bertz CT molecular complexity index is 402. The molecule has 0 N–H and O–H groups in total. The third kappa shape index (κ3) is 2.55. The molecule has 2 saturated heterocycles. The Morgan fingerprint density at radius 1 is 1.21 bits per heavy atom. The molecule has 3 heteroatoms. The van der Waals surface area contributed by atoms with Gasteiger partial charge in [0.05, 0.1) is 12.7 Å². The molecule has 0 spiro atoms. The first kappa shape index (κ1) is 13.1. The maximum Gasteiger partial charge on any atom is 0.116 e. The first-order chi connectivity index (χ1) is 9.27. The maximum atomic E-state index is 6.36. The summed E-state index contributed by atoms with van der Waals surface area (Å²) in [5.41, 5.74) is 1.28. The molecule has 2 fully saturated rings. The van der Waals surface area contributed by atoms with E-state index in [4.69, 9.17) is 9.47 Å². The van der Waals surface area contributed by atoms with Crippen LogP contribution in [0.2, 0.25) is 0 Å². The number of rotatable bonds is 2. The van der Waals surface area contributed by atoms with Crippen molar-refractivity contribution in [2.45, 2.75) is 38.1 Å². The zero-order valence-electron chi connectivity index (χ0n) is 11.8. The fourth-order valence-corrected chi connectivity index (χ4v) is 3.24. The van der Waals surface area contributed by atoms with Gasteiger partial charge < -0.3 is 9.47 Å². The second-order valence-electron chi connectivity index (χ2n) is 5.74. The van der Waals surface area contributed by atoms with Gasteiger partial charge in [0.2, 0.25) is 0 Å². The van der Waals surface area contributed by atoms with Crippen molar-refractivity contribution in [1.82, 2.24) is 4.90 Å². The van der Waals surface area contributed by atoms with E-state index in [9.17, 15) is 0 Å². The molecule has 0 saturated carbocycles. The van der Waals surface area contributed by atoms with Crippen molar-refractivity contribution in [2.24, 2.45) is 5.92 Å². The van der Waals surface area contributed by atoms with E-state index in [1.165, 1.54) is 12.0 Å². The molecule has 0 aromatic heterocycles. The van der Waals surface area contributed by atoms with Gasteiger partial charge in [0.1, 0.15) is 6.23 Å². The van der Waals surface area contributed by atoms with Crippen molar-refractivity contribution in [1.29, 1.82) is 0 Å². The summed E-state index contributed by atoms with van der Waals surface area (Å²) < 4.78 is 12.0. The fraction of sp³-hybridized carbons (Fsp3) is 0.625. The Kier molecular flexibility index (Phi) is 3.87. The van der Waals surface area contributed by atoms with Crippen LogP contribution in [0.1, 0.15) is 31.4 Å². The van der Waals surface area contributed by atoms with Crippen molar-refractivity contribution in [3.63, 3.8) is 0 Å². The molecule has 0 radical (unpaired) electrons. The van der Waals surface area contributed by atoms with E-state index in [0.717, 1.165) is 19.6 Å². The standard InChI is InChI=1S/C16H23NO2/c1-12-15(13-7-4-3-5-8-13)19-16(17(12)2)14-9-6-10-18-11-14/h3-5,7-8,12,14-16H,6,9-11H2,1-2H3/t12-,14+,15-,16-/m1/s1. The van der Waals surface area contributed by atoms with Crippen LogP contribution in [0.15, 0.2) is 30.3 Å². The minimum absolute atomic E-state index is 0.179. The quantitative estimate of drug-likeness (QED) is 0.817. The summed E-state index contributed by atoms with van der Waals surface area (Å²) in [6, 6.07) is 11.0. The van der Waals surface area contributed by atoms with Crippen LogP contribution in [-0.2, 0) is 9.47 Å². The monoisotopic (exact) mass is 261 g/mol. The molecule has 1 aromatic rings. The van der Waals surface area contributed by atoms with Gasteiger partial charge in [-0.15, -0.1) is 0 Å². The lowest BCUT2D eigenvalue weighted by Crippen LogP contribution is -2.40. The van der Waals surface area contributed by atoms with Gasteiger partial charge in [-0.3, -0.25) is 4.90 Å². The topological polar surface area (TPSA) is 21.7 Å². The number of ether oxygens (including phenoxy) is 2. The molecular weight excluding hydrogens is 238 g/mol. The third-order valence-corrected chi connectivity index (χ3v) is 4.49. The molecule has 1 aromatic carbocycles.